The Kier molecular flexibility index (Phi) is 2.72. The number of hydrogen-bond acceptors (Lipinski definition) is 4. The molecule has 2 aromatic heterocycles. The lowest BCUT2D eigenvalue weighted by Crippen LogP contribution is -2.57. The smallest absolute Gasteiger partial charge is 0.276 e. The highest BCUT2D eigenvalue weighted by molar-refractivity contribution is 5.93. The number of amides is 1. The predicted molar refractivity (Wildman–Crippen MR) is 82.0 cm³/mol. The molecule has 2 saturated carbocycles. The van der Waals surface area contributed by atoms with Crippen molar-refractivity contribution in [2.24, 2.45) is 0 Å². The number of imidazole rings is 1. The van der Waals surface area contributed by atoms with E-state index < -0.39 is 0 Å². The molecule has 0 saturated heterocycles. The highest BCUT2D eigenvalue weighted by atomic mass is 16.3. The number of nitrogens with zero attached hydrogens (tertiary/aromatic N) is 3. The lowest BCUT2D eigenvalue weighted by Gasteiger charge is -2.51. The first-order chi connectivity index (χ1) is 11.3. The van der Waals surface area contributed by atoms with E-state index in [0.717, 1.165) is 56.7 Å². The van der Waals surface area contributed by atoms with Crippen molar-refractivity contribution >= 4 is 5.91 Å². The van der Waals surface area contributed by atoms with Gasteiger partial charge in [-0.2, -0.15) is 0 Å². The molecule has 0 atom stereocenters. The Bertz CT molecular complexity index is 754. The largest absolute Gasteiger partial charge is 0.448 e. The highest BCUT2D eigenvalue weighted by Crippen LogP contribution is 2.49. The van der Waals surface area contributed by atoms with Gasteiger partial charge in [0.15, 0.2) is 11.6 Å². The summed E-state index contributed by atoms with van der Waals surface area (Å²) in [6.45, 7) is 0.722. The normalized spacial score (nSPS) is 22.5. The molecule has 0 unspecified atom stereocenters. The molecule has 1 aliphatic heterocycles. The van der Waals surface area contributed by atoms with Crippen LogP contribution in [-0.2, 0) is 12.0 Å². The highest BCUT2D eigenvalue weighted by Gasteiger charge is 2.51. The summed E-state index contributed by atoms with van der Waals surface area (Å²) in [6.07, 6.45) is 10.7. The molecule has 6 heteroatoms. The SMILES string of the molecule is O=C(c1coc(C2CCC2)n1)N1CCc2[nH]cnc2C12CCC2. The van der Waals surface area contributed by atoms with Gasteiger partial charge in [-0.3, -0.25) is 4.79 Å². The number of fused-ring (bicyclic) bond motifs is 2. The van der Waals surface area contributed by atoms with Gasteiger partial charge >= 0.3 is 0 Å². The van der Waals surface area contributed by atoms with Crippen LogP contribution in [0.2, 0.25) is 0 Å². The van der Waals surface area contributed by atoms with Gasteiger partial charge in [0.05, 0.1) is 17.6 Å². The van der Waals surface area contributed by atoms with Crippen LogP contribution in [0, 0.1) is 0 Å². The lowest BCUT2D eigenvalue weighted by atomic mass is 9.70. The van der Waals surface area contributed by atoms with Crippen molar-refractivity contribution in [3.05, 3.63) is 35.6 Å². The van der Waals surface area contributed by atoms with Crippen LogP contribution in [0.25, 0.3) is 0 Å². The Labute approximate surface area is 134 Å². The summed E-state index contributed by atoms with van der Waals surface area (Å²) >= 11 is 0. The van der Waals surface area contributed by atoms with Crippen molar-refractivity contribution in [3.8, 4) is 0 Å². The number of carbonyl (C=O) groups is 1. The molecule has 2 aliphatic carbocycles. The number of oxazole rings is 1. The van der Waals surface area contributed by atoms with Crippen molar-refractivity contribution in [3.63, 3.8) is 0 Å². The third-order valence-electron chi connectivity index (χ3n) is 5.88. The molecule has 5 rings (SSSR count). The molecule has 1 amide bonds. The standard InChI is InChI=1S/C17H20N4O2/c22-16(13-9-23-15(20-13)11-3-1-4-11)21-8-5-12-14(19-10-18-12)17(21)6-2-7-17/h9-11H,1-8H2,(H,18,19). The van der Waals surface area contributed by atoms with Crippen molar-refractivity contribution < 1.29 is 9.21 Å². The molecule has 1 N–H and O–H groups in total. The van der Waals surface area contributed by atoms with Crippen molar-refractivity contribution in [2.45, 2.75) is 56.4 Å². The van der Waals surface area contributed by atoms with Crippen LogP contribution in [0.1, 0.15) is 72.2 Å². The molecule has 0 bridgehead atoms. The average molecular weight is 312 g/mol. The van der Waals surface area contributed by atoms with E-state index in [-0.39, 0.29) is 11.4 Å². The molecule has 0 aromatic carbocycles. The quantitative estimate of drug-likeness (QED) is 0.925. The first-order valence-electron chi connectivity index (χ1n) is 8.58. The molecule has 3 aliphatic rings. The zero-order chi connectivity index (χ0) is 15.4. The monoisotopic (exact) mass is 312 g/mol. The maximum Gasteiger partial charge on any atom is 0.276 e. The molecule has 1 spiro atoms. The number of carbonyl (C=O) groups excluding carboxylic acids is 1. The fraction of sp³-hybridized carbons (Fsp3) is 0.588. The Morgan fingerprint density at radius 2 is 2.22 bits per heavy atom. The summed E-state index contributed by atoms with van der Waals surface area (Å²) in [4.78, 5) is 27.3. The molecule has 3 heterocycles. The summed E-state index contributed by atoms with van der Waals surface area (Å²) in [5.74, 6) is 1.14. The van der Waals surface area contributed by atoms with E-state index in [2.05, 4.69) is 15.0 Å². The zero-order valence-corrected chi connectivity index (χ0v) is 13.0. The Balaban J connectivity index is 1.46. The Morgan fingerprint density at radius 3 is 2.91 bits per heavy atom. The summed E-state index contributed by atoms with van der Waals surface area (Å²) in [5.41, 5.74) is 2.48. The molecular weight excluding hydrogens is 292 g/mol. The van der Waals surface area contributed by atoms with Crippen LogP contribution in [-0.4, -0.2) is 32.3 Å². The van der Waals surface area contributed by atoms with Gasteiger partial charge in [-0.1, -0.05) is 6.42 Å². The lowest BCUT2D eigenvalue weighted by molar-refractivity contribution is 0.00408. The van der Waals surface area contributed by atoms with Crippen LogP contribution in [0.15, 0.2) is 17.0 Å². The minimum absolute atomic E-state index is 0.00678. The van der Waals surface area contributed by atoms with Gasteiger partial charge in [-0.05, 0) is 32.1 Å². The van der Waals surface area contributed by atoms with Gasteiger partial charge in [0.2, 0.25) is 0 Å². The van der Waals surface area contributed by atoms with Crippen molar-refractivity contribution in [1.29, 1.82) is 0 Å². The number of hydrogen-bond donors (Lipinski definition) is 1. The second-order valence-electron chi connectivity index (χ2n) is 7.02. The van der Waals surface area contributed by atoms with E-state index in [4.69, 9.17) is 4.42 Å². The molecular formula is C17H20N4O2. The second kappa shape index (κ2) is 4.69. The molecule has 120 valence electrons. The van der Waals surface area contributed by atoms with Crippen LogP contribution >= 0.6 is 0 Å². The van der Waals surface area contributed by atoms with E-state index >= 15 is 0 Å². The Hall–Kier alpha value is -2.11. The molecule has 2 fully saturated rings. The van der Waals surface area contributed by atoms with Gasteiger partial charge in [0.25, 0.3) is 5.91 Å². The van der Waals surface area contributed by atoms with Gasteiger partial charge in [0, 0.05) is 24.6 Å². The number of nitrogens with one attached hydrogen (secondary N) is 1. The predicted octanol–water partition coefficient (Wildman–Crippen LogP) is 2.74. The summed E-state index contributed by atoms with van der Waals surface area (Å²) in [5, 5.41) is 0. The zero-order valence-electron chi connectivity index (χ0n) is 13.0. The van der Waals surface area contributed by atoms with Crippen LogP contribution in [0.5, 0.6) is 0 Å². The van der Waals surface area contributed by atoms with Gasteiger partial charge in [-0.15, -0.1) is 0 Å². The van der Waals surface area contributed by atoms with E-state index in [1.807, 2.05) is 4.90 Å². The van der Waals surface area contributed by atoms with Gasteiger partial charge < -0.3 is 14.3 Å². The van der Waals surface area contributed by atoms with E-state index in [1.54, 1.807) is 12.6 Å². The maximum atomic E-state index is 13.0. The topological polar surface area (TPSA) is 75.0 Å². The third kappa shape index (κ3) is 1.77. The molecule has 2 aromatic rings. The van der Waals surface area contributed by atoms with Crippen molar-refractivity contribution in [1.82, 2.24) is 19.9 Å². The number of rotatable bonds is 2. The summed E-state index contributed by atoms with van der Waals surface area (Å²) in [6, 6.07) is 0. The minimum Gasteiger partial charge on any atom is -0.448 e. The van der Waals surface area contributed by atoms with Crippen LogP contribution in [0.3, 0.4) is 0 Å². The average Bonchev–Trinajstić information content (AvgIpc) is 3.10. The first kappa shape index (κ1) is 13.3. The van der Waals surface area contributed by atoms with E-state index in [0.29, 0.717) is 11.6 Å². The Morgan fingerprint density at radius 1 is 1.35 bits per heavy atom. The second-order valence-corrected chi connectivity index (χ2v) is 7.02. The number of aromatic amines is 1. The van der Waals surface area contributed by atoms with Gasteiger partial charge in [0.1, 0.15) is 6.26 Å². The molecule has 0 radical (unpaired) electrons. The number of H-pyrrole nitrogens is 1. The van der Waals surface area contributed by atoms with E-state index in [1.165, 1.54) is 12.1 Å². The van der Waals surface area contributed by atoms with E-state index in [9.17, 15) is 4.79 Å². The van der Waals surface area contributed by atoms with Gasteiger partial charge in [-0.25, -0.2) is 9.97 Å². The fourth-order valence-electron chi connectivity index (χ4n) is 4.16. The molecule has 23 heavy (non-hydrogen) atoms. The minimum atomic E-state index is -0.222. The fourth-order valence-corrected chi connectivity index (χ4v) is 4.16. The summed E-state index contributed by atoms with van der Waals surface area (Å²) < 4.78 is 5.57. The number of aromatic nitrogens is 3. The maximum absolute atomic E-state index is 13.0. The van der Waals surface area contributed by atoms with Crippen LogP contribution < -0.4 is 0 Å². The van der Waals surface area contributed by atoms with Crippen molar-refractivity contribution in [2.75, 3.05) is 6.54 Å². The third-order valence-corrected chi connectivity index (χ3v) is 5.88. The van der Waals surface area contributed by atoms with Crippen LogP contribution in [0.4, 0.5) is 0 Å². The summed E-state index contributed by atoms with van der Waals surface area (Å²) in [7, 11) is 0. The first-order valence-corrected chi connectivity index (χ1v) is 8.58. The molecule has 6 nitrogen and oxygen atoms in total.